The molecule has 0 saturated carbocycles. The summed E-state index contributed by atoms with van der Waals surface area (Å²) in [5, 5.41) is 30.6. The van der Waals surface area contributed by atoms with Crippen molar-refractivity contribution in [2.24, 2.45) is 0 Å². The Morgan fingerprint density at radius 1 is 0.600 bits per heavy atom. The molecule has 4 aromatic carbocycles. The van der Waals surface area contributed by atoms with Crippen LogP contribution in [0.25, 0.3) is 0 Å². The highest BCUT2D eigenvalue weighted by Gasteiger charge is 2.21. The number of ether oxygens (including phenoxy) is 1. The topological polar surface area (TPSA) is 73.2 Å². The van der Waals surface area contributed by atoms with Crippen molar-refractivity contribution in [3.8, 4) is 28.7 Å². The average Bonchev–Trinajstić information content (AvgIpc) is 2.82. The van der Waals surface area contributed by atoms with Crippen molar-refractivity contribution >= 4 is 17.1 Å². The highest BCUT2D eigenvalue weighted by molar-refractivity contribution is 5.82. The maximum atomic E-state index is 10.3. The van der Waals surface area contributed by atoms with Crippen molar-refractivity contribution in [1.29, 1.82) is 0 Å². The number of anilines is 3. The van der Waals surface area contributed by atoms with E-state index in [1.54, 1.807) is 24.3 Å². The number of aryl methyl sites for hydroxylation is 1. The second-order valence-electron chi connectivity index (χ2n) is 9.03. The van der Waals surface area contributed by atoms with Crippen LogP contribution in [0, 0.1) is 41.5 Å². The third-order valence-electron chi connectivity index (χ3n) is 6.85. The Kier molecular flexibility index (Phi) is 6.35. The van der Waals surface area contributed by atoms with Crippen molar-refractivity contribution in [1.82, 2.24) is 0 Å². The Bertz CT molecular complexity index is 1370. The zero-order valence-corrected chi connectivity index (χ0v) is 21.0. The predicted molar refractivity (Wildman–Crippen MR) is 141 cm³/mol. The van der Waals surface area contributed by atoms with E-state index in [1.165, 1.54) is 0 Å². The molecular weight excluding hydrogens is 438 g/mol. The zero-order chi connectivity index (χ0) is 25.4. The summed E-state index contributed by atoms with van der Waals surface area (Å²) >= 11 is 0. The molecule has 0 saturated heterocycles. The predicted octanol–water partition coefficient (Wildman–Crippen LogP) is 7.92. The number of aromatic hydroxyl groups is 3. The lowest BCUT2D eigenvalue weighted by molar-refractivity contribution is 0.452. The van der Waals surface area contributed by atoms with Gasteiger partial charge in [-0.2, -0.15) is 0 Å². The third kappa shape index (κ3) is 4.50. The van der Waals surface area contributed by atoms with Crippen LogP contribution in [-0.4, -0.2) is 15.3 Å². The number of nitrogens with zero attached hydrogens (tertiary/aromatic N) is 1. The Morgan fingerprint density at radius 3 is 1.74 bits per heavy atom. The van der Waals surface area contributed by atoms with Crippen molar-refractivity contribution in [3.05, 3.63) is 94.0 Å². The molecule has 0 radical (unpaired) electrons. The second-order valence-corrected chi connectivity index (χ2v) is 9.03. The standard InChI is InChI=1S/C30H31NO4/c1-17-14-24(32)16-30(18(17)2)35-25-9-7-8-23(15-25)31(26-10-12-28(33)21(5)19(26)3)27-11-13-29(34)22(6)20(27)4/h7-16,32-34H,1-6H3. The van der Waals surface area contributed by atoms with Gasteiger partial charge in [0.2, 0.25) is 0 Å². The first-order valence-corrected chi connectivity index (χ1v) is 11.5. The maximum absolute atomic E-state index is 10.3. The third-order valence-corrected chi connectivity index (χ3v) is 6.85. The van der Waals surface area contributed by atoms with Gasteiger partial charge in [0.05, 0.1) is 0 Å². The van der Waals surface area contributed by atoms with E-state index in [0.717, 1.165) is 50.4 Å². The average molecular weight is 470 g/mol. The molecule has 4 aromatic rings. The van der Waals surface area contributed by atoms with Crippen molar-refractivity contribution in [2.45, 2.75) is 41.5 Å². The lowest BCUT2D eigenvalue weighted by Gasteiger charge is -2.30. The molecule has 4 rings (SSSR count). The van der Waals surface area contributed by atoms with Gasteiger partial charge in [0, 0.05) is 29.2 Å². The SMILES string of the molecule is Cc1cc(O)cc(Oc2cccc(N(c3ccc(O)c(C)c3C)c3ccc(O)c(C)c3C)c2)c1C. The van der Waals surface area contributed by atoms with Crippen molar-refractivity contribution < 1.29 is 20.1 Å². The molecule has 0 aliphatic carbocycles. The molecule has 0 fully saturated rings. The van der Waals surface area contributed by atoms with Crippen LogP contribution in [0.1, 0.15) is 33.4 Å². The Balaban J connectivity index is 1.89. The Hall–Kier alpha value is -4.12. The van der Waals surface area contributed by atoms with E-state index in [4.69, 9.17) is 4.74 Å². The number of rotatable bonds is 5. The number of hydrogen-bond donors (Lipinski definition) is 3. The lowest BCUT2D eigenvalue weighted by atomic mass is 10.0. The van der Waals surface area contributed by atoms with E-state index in [0.29, 0.717) is 11.5 Å². The summed E-state index contributed by atoms with van der Waals surface area (Å²) in [6.45, 7) is 11.7. The number of phenols is 3. The fraction of sp³-hybridized carbons (Fsp3) is 0.200. The second kappa shape index (κ2) is 9.26. The van der Waals surface area contributed by atoms with Crippen LogP contribution in [0.15, 0.2) is 60.7 Å². The molecule has 0 heterocycles. The molecule has 0 atom stereocenters. The molecule has 0 bridgehead atoms. The lowest BCUT2D eigenvalue weighted by Crippen LogP contribution is -2.13. The highest BCUT2D eigenvalue weighted by Crippen LogP contribution is 2.43. The summed E-state index contributed by atoms with van der Waals surface area (Å²) in [5.74, 6) is 1.88. The van der Waals surface area contributed by atoms with Gasteiger partial charge in [0.15, 0.2) is 0 Å². The van der Waals surface area contributed by atoms with Gasteiger partial charge < -0.3 is 25.0 Å². The summed E-state index contributed by atoms with van der Waals surface area (Å²) in [6, 6.07) is 18.3. The minimum Gasteiger partial charge on any atom is -0.508 e. The summed E-state index contributed by atoms with van der Waals surface area (Å²) in [5.41, 5.74) is 8.09. The fourth-order valence-electron chi connectivity index (χ4n) is 4.20. The molecule has 0 spiro atoms. The van der Waals surface area contributed by atoms with Gasteiger partial charge in [0.1, 0.15) is 28.7 Å². The van der Waals surface area contributed by atoms with Crippen molar-refractivity contribution in [3.63, 3.8) is 0 Å². The van der Waals surface area contributed by atoms with Crippen LogP contribution in [0.2, 0.25) is 0 Å². The molecule has 35 heavy (non-hydrogen) atoms. The minimum absolute atomic E-state index is 0.159. The van der Waals surface area contributed by atoms with Gasteiger partial charge in [-0.1, -0.05) is 6.07 Å². The molecule has 0 amide bonds. The van der Waals surface area contributed by atoms with Gasteiger partial charge >= 0.3 is 0 Å². The van der Waals surface area contributed by atoms with Gasteiger partial charge in [-0.25, -0.2) is 0 Å². The molecule has 3 N–H and O–H groups in total. The quantitative estimate of drug-likeness (QED) is 0.277. The summed E-state index contributed by atoms with van der Waals surface area (Å²) < 4.78 is 6.21. The zero-order valence-electron chi connectivity index (χ0n) is 21.0. The molecule has 0 unspecified atom stereocenters. The van der Waals surface area contributed by atoms with Crippen LogP contribution in [0.5, 0.6) is 28.7 Å². The highest BCUT2D eigenvalue weighted by atomic mass is 16.5. The van der Waals surface area contributed by atoms with E-state index in [1.807, 2.05) is 77.9 Å². The number of phenolic OH excluding ortho intramolecular Hbond substituents is 3. The van der Waals surface area contributed by atoms with E-state index in [-0.39, 0.29) is 17.2 Å². The van der Waals surface area contributed by atoms with Crippen molar-refractivity contribution in [2.75, 3.05) is 4.90 Å². The number of hydrogen-bond acceptors (Lipinski definition) is 5. The first-order valence-electron chi connectivity index (χ1n) is 11.5. The van der Waals surface area contributed by atoms with E-state index >= 15 is 0 Å². The smallest absolute Gasteiger partial charge is 0.134 e. The molecule has 5 heteroatoms. The maximum Gasteiger partial charge on any atom is 0.134 e. The van der Waals surface area contributed by atoms with Crippen LogP contribution in [0.4, 0.5) is 17.1 Å². The fourth-order valence-corrected chi connectivity index (χ4v) is 4.20. The summed E-state index contributed by atoms with van der Waals surface area (Å²) in [4.78, 5) is 2.11. The first kappa shape index (κ1) is 24.0. The molecule has 0 aromatic heterocycles. The Morgan fingerprint density at radius 2 is 1.17 bits per heavy atom. The largest absolute Gasteiger partial charge is 0.508 e. The molecule has 0 aliphatic rings. The monoisotopic (exact) mass is 469 g/mol. The number of benzene rings is 4. The molecule has 0 aliphatic heterocycles. The van der Waals surface area contributed by atoms with Gasteiger partial charge in [-0.05, 0) is 117 Å². The molecule has 5 nitrogen and oxygen atoms in total. The van der Waals surface area contributed by atoms with Crippen LogP contribution in [0.3, 0.4) is 0 Å². The van der Waals surface area contributed by atoms with E-state index in [9.17, 15) is 15.3 Å². The van der Waals surface area contributed by atoms with Crippen LogP contribution >= 0.6 is 0 Å². The van der Waals surface area contributed by atoms with Gasteiger partial charge in [0.25, 0.3) is 0 Å². The molecular formula is C30H31NO4. The van der Waals surface area contributed by atoms with E-state index in [2.05, 4.69) is 4.90 Å². The van der Waals surface area contributed by atoms with E-state index < -0.39 is 0 Å². The van der Waals surface area contributed by atoms with Gasteiger partial charge in [-0.3, -0.25) is 0 Å². The molecule has 180 valence electrons. The van der Waals surface area contributed by atoms with Crippen LogP contribution in [-0.2, 0) is 0 Å². The Labute approximate surface area is 206 Å². The minimum atomic E-state index is 0.159. The summed E-state index contributed by atoms with van der Waals surface area (Å²) in [7, 11) is 0. The summed E-state index contributed by atoms with van der Waals surface area (Å²) in [6.07, 6.45) is 0. The van der Waals surface area contributed by atoms with Gasteiger partial charge in [-0.15, -0.1) is 0 Å². The van der Waals surface area contributed by atoms with Crippen LogP contribution < -0.4 is 9.64 Å². The first-order chi connectivity index (χ1) is 16.6. The normalized spacial score (nSPS) is 10.9.